The molecule has 7 nitrogen and oxygen atoms in total. The first-order valence-corrected chi connectivity index (χ1v) is 12.5. The number of hydrogen-bond acceptors (Lipinski definition) is 4. The van der Waals surface area contributed by atoms with Gasteiger partial charge in [0.2, 0.25) is 5.91 Å². The SMILES string of the molecule is CC(CCNC(=O)OCC1c2ccccc2-c2ccccc21)CCC(=O)N1CC2CC1C2C(=O)O. The van der Waals surface area contributed by atoms with Crippen LogP contribution in [0.4, 0.5) is 4.79 Å². The molecule has 7 heteroatoms. The van der Waals surface area contributed by atoms with Gasteiger partial charge in [-0.05, 0) is 53.4 Å². The Morgan fingerprint density at radius 3 is 2.34 bits per heavy atom. The van der Waals surface area contributed by atoms with Crippen molar-refractivity contribution in [3.63, 3.8) is 0 Å². The third-order valence-electron chi connectivity index (χ3n) is 8.00. The lowest BCUT2D eigenvalue weighted by Gasteiger charge is -2.33. The zero-order chi connectivity index (χ0) is 24.5. The Hall–Kier alpha value is -3.35. The number of rotatable bonds is 9. The molecular weight excluding hydrogens is 444 g/mol. The molecule has 184 valence electrons. The quantitative estimate of drug-likeness (QED) is 0.564. The summed E-state index contributed by atoms with van der Waals surface area (Å²) in [6.45, 7) is 3.43. The van der Waals surface area contributed by atoms with Crippen LogP contribution in [0.25, 0.3) is 11.1 Å². The highest BCUT2D eigenvalue weighted by Gasteiger charge is 2.56. The van der Waals surface area contributed by atoms with Crippen molar-refractivity contribution in [2.24, 2.45) is 17.8 Å². The minimum atomic E-state index is -0.783. The van der Waals surface area contributed by atoms with Gasteiger partial charge in [0.25, 0.3) is 0 Å². The number of aliphatic carboxylic acids is 1. The molecule has 2 bridgehead atoms. The second-order valence-electron chi connectivity index (χ2n) is 10.2. The van der Waals surface area contributed by atoms with E-state index in [1.165, 1.54) is 22.3 Å². The number of hydrogen-bond donors (Lipinski definition) is 2. The predicted molar refractivity (Wildman–Crippen MR) is 131 cm³/mol. The Morgan fingerprint density at radius 1 is 1.06 bits per heavy atom. The van der Waals surface area contributed by atoms with Crippen molar-refractivity contribution in [1.29, 1.82) is 0 Å². The number of carbonyl (C=O) groups is 3. The molecular formula is C28H32N2O5. The minimum absolute atomic E-state index is 0.0375. The largest absolute Gasteiger partial charge is 0.481 e. The van der Waals surface area contributed by atoms with Gasteiger partial charge in [0.1, 0.15) is 6.61 Å². The number of carbonyl (C=O) groups excluding carboxylic acids is 2. The Morgan fingerprint density at radius 2 is 1.71 bits per heavy atom. The number of carboxylic acid groups (broad SMARTS) is 1. The molecule has 2 heterocycles. The van der Waals surface area contributed by atoms with Crippen LogP contribution in [0.3, 0.4) is 0 Å². The van der Waals surface area contributed by atoms with Crippen LogP contribution in [0, 0.1) is 17.8 Å². The molecule has 1 saturated carbocycles. The molecule has 2 aliphatic carbocycles. The van der Waals surface area contributed by atoms with Gasteiger partial charge < -0.3 is 20.1 Å². The van der Waals surface area contributed by atoms with E-state index in [-0.39, 0.29) is 35.6 Å². The van der Waals surface area contributed by atoms with Crippen molar-refractivity contribution in [2.75, 3.05) is 19.7 Å². The number of alkyl carbamates (subject to hydrolysis) is 1. The predicted octanol–water partition coefficient (Wildman–Crippen LogP) is 4.26. The molecule has 2 amide bonds. The number of nitrogens with zero attached hydrogens (tertiary/aromatic N) is 1. The van der Waals surface area contributed by atoms with Crippen LogP contribution in [0.1, 0.15) is 49.7 Å². The van der Waals surface area contributed by atoms with Gasteiger partial charge in [-0.15, -0.1) is 0 Å². The van der Waals surface area contributed by atoms with E-state index in [0.717, 1.165) is 19.3 Å². The number of ether oxygens (including phenoxy) is 1. The summed E-state index contributed by atoms with van der Waals surface area (Å²) in [6, 6.07) is 16.4. The number of nitrogens with one attached hydrogen (secondary N) is 1. The van der Waals surface area contributed by atoms with Gasteiger partial charge in [0.15, 0.2) is 0 Å². The highest BCUT2D eigenvalue weighted by atomic mass is 16.5. The molecule has 2 saturated heterocycles. The van der Waals surface area contributed by atoms with Crippen molar-refractivity contribution in [2.45, 2.75) is 44.6 Å². The maximum Gasteiger partial charge on any atom is 0.407 e. The zero-order valence-electron chi connectivity index (χ0n) is 20.0. The molecule has 4 aliphatic rings. The van der Waals surface area contributed by atoms with Crippen LogP contribution in [0.15, 0.2) is 48.5 Å². The third kappa shape index (κ3) is 4.51. The highest BCUT2D eigenvalue weighted by Crippen LogP contribution is 2.47. The van der Waals surface area contributed by atoms with Gasteiger partial charge in [-0.1, -0.05) is 55.5 Å². The van der Waals surface area contributed by atoms with Gasteiger partial charge in [0, 0.05) is 31.5 Å². The second kappa shape index (κ2) is 9.72. The van der Waals surface area contributed by atoms with E-state index >= 15 is 0 Å². The van der Waals surface area contributed by atoms with Gasteiger partial charge in [-0.25, -0.2) is 4.79 Å². The summed E-state index contributed by atoms with van der Waals surface area (Å²) in [6.07, 6.45) is 2.29. The van der Waals surface area contributed by atoms with Crippen LogP contribution >= 0.6 is 0 Å². The summed E-state index contributed by atoms with van der Waals surface area (Å²) in [5.41, 5.74) is 4.77. The third-order valence-corrected chi connectivity index (χ3v) is 8.00. The number of fused-ring (bicyclic) bond motifs is 4. The average molecular weight is 477 g/mol. The van der Waals surface area contributed by atoms with E-state index in [9.17, 15) is 19.5 Å². The van der Waals surface area contributed by atoms with Gasteiger partial charge >= 0.3 is 12.1 Å². The minimum Gasteiger partial charge on any atom is -0.481 e. The Bertz CT molecular complexity index is 1090. The molecule has 2 aromatic rings. The Balaban J connectivity index is 1.02. The molecule has 3 fully saturated rings. The Labute approximate surface area is 205 Å². The lowest BCUT2D eigenvalue weighted by molar-refractivity contribution is -0.148. The molecule has 0 aromatic heterocycles. The van der Waals surface area contributed by atoms with E-state index in [0.29, 0.717) is 26.1 Å². The van der Waals surface area contributed by atoms with Crippen LogP contribution in [0.2, 0.25) is 0 Å². The Kier molecular flexibility index (Phi) is 6.50. The monoisotopic (exact) mass is 476 g/mol. The lowest BCUT2D eigenvalue weighted by atomic mass is 9.74. The van der Waals surface area contributed by atoms with Crippen LogP contribution in [-0.4, -0.2) is 53.7 Å². The second-order valence-corrected chi connectivity index (χ2v) is 10.2. The van der Waals surface area contributed by atoms with Crippen molar-refractivity contribution in [3.05, 3.63) is 59.7 Å². The average Bonchev–Trinajstić information content (AvgIpc) is 3.52. The van der Waals surface area contributed by atoms with E-state index in [1.54, 1.807) is 4.90 Å². The standard InChI is InChI=1S/C28H32N2O5/c1-17(10-11-25(31)30-15-18-14-24(30)26(18)27(32)33)12-13-29-28(34)35-16-23-21-8-4-2-6-19(21)20-7-3-5-9-22(20)23/h2-9,17-18,23-24,26H,10-16H2,1H3,(H,29,34)(H,32,33). The number of amides is 2. The maximum absolute atomic E-state index is 12.6. The fourth-order valence-corrected chi connectivity index (χ4v) is 6.00. The highest BCUT2D eigenvalue weighted by molar-refractivity contribution is 5.81. The molecule has 6 rings (SSSR count). The number of benzene rings is 2. The van der Waals surface area contributed by atoms with Gasteiger partial charge in [-0.2, -0.15) is 0 Å². The van der Waals surface area contributed by atoms with Gasteiger partial charge in [-0.3, -0.25) is 9.59 Å². The molecule has 0 radical (unpaired) electrons. The van der Waals surface area contributed by atoms with Gasteiger partial charge in [0.05, 0.1) is 5.92 Å². The van der Waals surface area contributed by atoms with Crippen molar-refractivity contribution in [3.8, 4) is 11.1 Å². The van der Waals surface area contributed by atoms with E-state index in [2.05, 4.69) is 36.5 Å². The summed E-state index contributed by atoms with van der Waals surface area (Å²) >= 11 is 0. The van der Waals surface area contributed by atoms with Crippen molar-refractivity contribution >= 4 is 18.0 Å². The molecule has 0 spiro atoms. The summed E-state index contributed by atoms with van der Waals surface area (Å²) in [5, 5.41) is 12.1. The first kappa shape index (κ1) is 23.4. The summed E-state index contributed by atoms with van der Waals surface area (Å²) in [4.78, 5) is 38.0. The molecule has 4 unspecified atom stereocenters. The van der Waals surface area contributed by atoms with E-state index in [1.807, 2.05) is 24.3 Å². The fraction of sp³-hybridized carbons (Fsp3) is 0.464. The van der Waals surface area contributed by atoms with Crippen LogP contribution < -0.4 is 5.32 Å². The molecule has 4 atom stereocenters. The fourth-order valence-electron chi connectivity index (χ4n) is 6.00. The van der Waals surface area contributed by atoms with Crippen molar-refractivity contribution < 1.29 is 24.2 Å². The number of carboxylic acids is 1. The topological polar surface area (TPSA) is 95.9 Å². The van der Waals surface area contributed by atoms with Crippen LogP contribution in [0.5, 0.6) is 0 Å². The lowest BCUT2D eigenvalue weighted by Crippen LogP contribution is -2.45. The summed E-state index contributed by atoms with van der Waals surface area (Å²) in [7, 11) is 0. The maximum atomic E-state index is 12.6. The zero-order valence-corrected chi connectivity index (χ0v) is 20.0. The van der Waals surface area contributed by atoms with Crippen LogP contribution in [-0.2, 0) is 14.3 Å². The summed E-state index contributed by atoms with van der Waals surface area (Å²) < 4.78 is 5.57. The smallest absolute Gasteiger partial charge is 0.407 e. The van der Waals surface area contributed by atoms with E-state index < -0.39 is 12.1 Å². The molecule has 2 aliphatic heterocycles. The molecule has 2 N–H and O–H groups in total. The normalized spacial score (nSPS) is 22.7. The molecule has 35 heavy (non-hydrogen) atoms. The van der Waals surface area contributed by atoms with E-state index in [4.69, 9.17) is 4.74 Å². The van der Waals surface area contributed by atoms with Crippen molar-refractivity contribution in [1.82, 2.24) is 10.2 Å². The first-order chi connectivity index (χ1) is 16.9. The summed E-state index contributed by atoms with van der Waals surface area (Å²) in [5.74, 6) is -0.680. The molecule has 2 aromatic carbocycles. The first-order valence-electron chi connectivity index (χ1n) is 12.5.